The fraction of sp³-hybridized carbons (Fsp3) is 0.438. The lowest BCUT2D eigenvalue weighted by atomic mass is 10.2. The molecule has 23 heavy (non-hydrogen) atoms. The maximum Gasteiger partial charge on any atom is 0.264 e. The number of piperazine rings is 1. The van der Waals surface area contributed by atoms with Crippen LogP contribution in [0.2, 0.25) is 0 Å². The topological polar surface area (TPSA) is 53.5 Å². The number of hydrogen-bond acceptors (Lipinski definition) is 5. The van der Waals surface area contributed by atoms with Crippen LogP contribution < -0.4 is 0 Å². The highest BCUT2D eigenvalue weighted by molar-refractivity contribution is 7.12. The highest BCUT2D eigenvalue weighted by Gasteiger charge is 2.25. The van der Waals surface area contributed by atoms with E-state index in [-0.39, 0.29) is 11.8 Å². The number of carbonyl (C=O) groups excluding carboxylic acids is 2. The highest BCUT2D eigenvalue weighted by Crippen LogP contribution is 2.19. The van der Waals surface area contributed by atoms with E-state index in [9.17, 15) is 9.59 Å². The van der Waals surface area contributed by atoms with Crippen LogP contribution in [-0.4, -0.2) is 52.8 Å². The first-order valence-corrected chi connectivity index (χ1v) is 9.27. The summed E-state index contributed by atoms with van der Waals surface area (Å²) in [5, 5.41) is 2.91. The second kappa shape index (κ2) is 6.80. The van der Waals surface area contributed by atoms with Gasteiger partial charge in [0.25, 0.3) is 5.91 Å². The molecule has 0 radical (unpaired) electrons. The number of thiazole rings is 1. The van der Waals surface area contributed by atoms with Crippen LogP contribution in [0.15, 0.2) is 17.5 Å². The summed E-state index contributed by atoms with van der Waals surface area (Å²) < 4.78 is 0. The van der Waals surface area contributed by atoms with Gasteiger partial charge in [0.2, 0.25) is 5.91 Å². The summed E-state index contributed by atoms with van der Waals surface area (Å²) in [5.41, 5.74) is 0.951. The van der Waals surface area contributed by atoms with Crippen molar-refractivity contribution in [2.75, 3.05) is 26.2 Å². The third-order valence-corrected chi connectivity index (χ3v) is 5.89. The molecule has 0 unspecified atom stereocenters. The maximum absolute atomic E-state index is 12.4. The van der Waals surface area contributed by atoms with Crippen molar-refractivity contribution >= 4 is 34.5 Å². The number of nitrogens with zero attached hydrogens (tertiary/aromatic N) is 3. The Morgan fingerprint density at radius 3 is 2.43 bits per heavy atom. The molecule has 0 aliphatic carbocycles. The normalized spacial score (nSPS) is 15.0. The molecule has 3 heterocycles. The molecule has 7 heteroatoms. The summed E-state index contributed by atoms with van der Waals surface area (Å²) in [6.07, 6.45) is 0.413. The Hall–Kier alpha value is -1.73. The lowest BCUT2D eigenvalue weighted by Crippen LogP contribution is -2.50. The number of hydrogen-bond donors (Lipinski definition) is 0. The first-order valence-electron chi connectivity index (χ1n) is 7.58. The monoisotopic (exact) mass is 349 g/mol. The molecule has 0 atom stereocenters. The van der Waals surface area contributed by atoms with E-state index < -0.39 is 0 Å². The van der Waals surface area contributed by atoms with Gasteiger partial charge in [0, 0.05) is 31.1 Å². The SMILES string of the molecule is Cc1nc(C)c(CC(=O)N2CCN(C(=O)c3cccs3)CC2)s1. The van der Waals surface area contributed by atoms with Crippen LogP contribution in [0.5, 0.6) is 0 Å². The van der Waals surface area contributed by atoms with Gasteiger partial charge in [-0.1, -0.05) is 6.07 Å². The Kier molecular flexibility index (Phi) is 4.77. The van der Waals surface area contributed by atoms with E-state index in [4.69, 9.17) is 0 Å². The Bertz CT molecular complexity index is 701. The average molecular weight is 349 g/mol. The van der Waals surface area contributed by atoms with Gasteiger partial charge in [0.1, 0.15) is 0 Å². The maximum atomic E-state index is 12.4. The van der Waals surface area contributed by atoms with Crippen LogP contribution in [0.3, 0.4) is 0 Å². The number of rotatable bonds is 3. The fourth-order valence-corrected chi connectivity index (χ4v) is 4.32. The minimum Gasteiger partial charge on any atom is -0.339 e. The third kappa shape index (κ3) is 3.61. The van der Waals surface area contributed by atoms with E-state index in [2.05, 4.69) is 4.98 Å². The summed E-state index contributed by atoms with van der Waals surface area (Å²) in [6.45, 7) is 6.32. The predicted octanol–water partition coefficient (Wildman–Crippen LogP) is 2.35. The molecule has 1 saturated heterocycles. The quantitative estimate of drug-likeness (QED) is 0.855. The van der Waals surface area contributed by atoms with E-state index in [0.29, 0.717) is 32.6 Å². The molecule has 2 aromatic rings. The van der Waals surface area contributed by atoms with E-state index in [1.165, 1.54) is 11.3 Å². The Morgan fingerprint density at radius 2 is 1.87 bits per heavy atom. The number of amides is 2. The van der Waals surface area contributed by atoms with Crippen molar-refractivity contribution in [2.45, 2.75) is 20.3 Å². The van der Waals surface area contributed by atoms with E-state index in [1.54, 1.807) is 11.3 Å². The molecule has 0 N–H and O–H groups in total. The molecule has 2 amide bonds. The summed E-state index contributed by atoms with van der Waals surface area (Å²) in [7, 11) is 0. The van der Waals surface area contributed by atoms with Crippen molar-refractivity contribution in [3.63, 3.8) is 0 Å². The second-order valence-corrected chi connectivity index (χ2v) is 7.80. The molecule has 0 aromatic carbocycles. The second-order valence-electron chi connectivity index (χ2n) is 5.57. The number of carbonyl (C=O) groups is 2. The van der Waals surface area contributed by atoms with E-state index >= 15 is 0 Å². The molecule has 3 rings (SSSR count). The smallest absolute Gasteiger partial charge is 0.264 e. The largest absolute Gasteiger partial charge is 0.339 e. The van der Waals surface area contributed by atoms with Gasteiger partial charge in [-0.3, -0.25) is 9.59 Å². The molecule has 2 aromatic heterocycles. The van der Waals surface area contributed by atoms with Crippen molar-refractivity contribution in [3.8, 4) is 0 Å². The average Bonchev–Trinajstić information content (AvgIpc) is 3.17. The highest BCUT2D eigenvalue weighted by atomic mass is 32.1. The van der Waals surface area contributed by atoms with Crippen LogP contribution in [-0.2, 0) is 11.2 Å². The van der Waals surface area contributed by atoms with E-state index in [1.807, 2.05) is 41.2 Å². The molecular formula is C16H19N3O2S2. The summed E-state index contributed by atoms with van der Waals surface area (Å²) in [6, 6.07) is 3.73. The zero-order valence-corrected chi connectivity index (χ0v) is 14.9. The fourth-order valence-electron chi connectivity index (χ4n) is 2.70. The predicted molar refractivity (Wildman–Crippen MR) is 92.1 cm³/mol. The van der Waals surface area contributed by atoms with Gasteiger partial charge < -0.3 is 9.80 Å². The van der Waals surface area contributed by atoms with Crippen LogP contribution in [0, 0.1) is 13.8 Å². The van der Waals surface area contributed by atoms with Crippen molar-refractivity contribution in [3.05, 3.63) is 38.0 Å². The van der Waals surface area contributed by atoms with Gasteiger partial charge in [0.15, 0.2) is 0 Å². The van der Waals surface area contributed by atoms with Crippen molar-refractivity contribution < 1.29 is 9.59 Å². The van der Waals surface area contributed by atoms with Gasteiger partial charge in [-0.2, -0.15) is 0 Å². The van der Waals surface area contributed by atoms with Gasteiger partial charge in [-0.05, 0) is 25.3 Å². The minimum absolute atomic E-state index is 0.0704. The molecule has 0 bridgehead atoms. The van der Waals surface area contributed by atoms with Crippen molar-refractivity contribution in [1.82, 2.24) is 14.8 Å². The molecule has 0 saturated carbocycles. The van der Waals surface area contributed by atoms with Crippen LogP contribution in [0.1, 0.15) is 25.3 Å². The lowest BCUT2D eigenvalue weighted by molar-refractivity contribution is -0.131. The minimum atomic E-state index is 0.0704. The Balaban J connectivity index is 1.55. The molecule has 1 aliphatic rings. The van der Waals surface area contributed by atoms with Gasteiger partial charge in [-0.25, -0.2) is 4.98 Å². The molecule has 122 valence electrons. The summed E-state index contributed by atoms with van der Waals surface area (Å²) in [5.74, 6) is 0.195. The first-order chi connectivity index (χ1) is 11.0. The molecule has 0 spiro atoms. The Labute approximate surface area is 143 Å². The molecule has 1 fully saturated rings. The van der Waals surface area contributed by atoms with Gasteiger partial charge in [-0.15, -0.1) is 22.7 Å². The van der Waals surface area contributed by atoms with Crippen LogP contribution in [0.25, 0.3) is 0 Å². The van der Waals surface area contributed by atoms with Crippen LogP contribution >= 0.6 is 22.7 Å². The van der Waals surface area contributed by atoms with Gasteiger partial charge >= 0.3 is 0 Å². The van der Waals surface area contributed by atoms with Crippen molar-refractivity contribution in [2.24, 2.45) is 0 Å². The Morgan fingerprint density at radius 1 is 1.17 bits per heavy atom. The zero-order valence-electron chi connectivity index (χ0n) is 13.2. The molecule has 1 aliphatic heterocycles. The summed E-state index contributed by atoms with van der Waals surface area (Å²) >= 11 is 3.05. The van der Waals surface area contributed by atoms with Crippen molar-refractivity contribution in [1.29, 1.82) is 0 Å². The molecular weight excluding hydrogens is 330 g/mol. The number of aryl methyl sites for hydroxylation is 2. The zero-order chi connectivity index (χ0) is 16.4. The number of thiophene rings is 1. The standard InChI is InChI=1S/C16H19N3O2S2/c1-11-14(23-12(2)17-11)10-15(20)18-5-7-19(8-6-18)16(21)13-4-3-9-22-13/h3-4,9H,5-8,10H2,1-2H3. The first kappa shape index (κ1) is 16.1. The molecule has 5 nitrogen and oxygen atoms in total. The summed E-state index contributed by atoms with van der Waals surface area (Å²) in [4.78, 5) is 34.6. The third-order valence-electron chi connectivity index (χ3n) is 3.96. The van der Waals surface area contributed by atoms with Crippen LogP contribution in [0.4, 0.5) is 0 Å². The number of aromatic nitrogens is 1. The van der Waals surface area contributed by atoms with E-state index in [0.717, 1.165) is 20.5 Å². The lowest BCUT2D eigenvalue weighted by Gasteiger charge is -2.34. The van der Waals surface area contributed by atoms with Gasteiger partial charge in [0.05, 0.1) is 22.0 Å².